The molecule has 0 atom stereocenters. The molecule has 14 heavy (non-hydrogen) atoms. The van der Waals surface area contributed by atoms with Crippen LogP contribution in [0.2, 0.25) is 0 Å². The lowest BCUT2D eigenvalue weighted by molar-refractivity contribution is -0.133. The van der Waals surface area contributed by atoms with Gasteiger partial charge in [-0.15, -0.1) is 11.3 Å². The molecule has 0 saturated carbocycles. The topological polar surface area (TPSA) is 20.3 Å². The fourth-order valence-electron chi connectivity index (χ4n) is 1.65. The van der Waals surface area contributed by atoms with Crippen molar-refractivity contribution in [3.8, 4) is 0 Å². The number of carbonyl (C=O) groups excluding carboxylic acids is 1. The highest BCUT2D eigenvalue weighted by Crippen LogP contribution is 2.22. The summed E-state index contributed by atoms with van der Waals surface area (Å²) >= 11 is 5.12. The first-order chi connectivity index (χ1) is 6.75. The van der Waals surface area contributed by atoms with Crippen LogP contribution in [-0.4, -0.2) is 17.4 Å². The zero-order chi connectivity index (χ0) is 9.97. The fraction of sp³-hybridized carbons (Fsp3) is 0.500. The number of amides is 1. The fourth-order valence-corrected chi connectivity index (χ4v) is 3.12. The van der Waals surface area contributed by atoms with Crippen LogP contribution in [0.25, 0.3) is 0 Å². The molecule has 1 saturated heterocycles. The summed E-state index contributed by atoms with van der Waals surface area (Å²) in [7, 11) is 0. The Morgan fingerprint density at radius 3 is 3.00 bits per heavy atom. The van der Waals surface area contributed by atoms with Crippen LogP contribution in [-0.2, 0) is 11.3 Å². The Morgan fingerprint density at radius 1 is 1.50 bits per heavy atom. The van der Waals surface area contributed by atoms with Gasteiger partial charge < -0.3 is 4.90 Å². The second kappa shape index (κ2) is 4.45. The van der Waals surface area contributed by atoms with E-state index in [1.807, 2.05) is 4.90 Å². The molecule has 2 nitrogen and oxygen atoms in total. The number of thiophene rings is 1. The summed E-state index contributed by atoms with van der Waals surface area (Å²) < 4.78 is 1.11. The summed E-state index contributed by atoms with van der Waals surface area (Å²) in [6.45, 7) is 1.71. The Morgan fingerprint density at radius 2 is 2.36 bits per heavy atom. The molecule has 0 unspecified atom stereocenters. The number of piperidine rings is 1. The van der Waals surface area contributed by atoms with Crippen molar-refractivity contribution in [2.75, 3.05) is 6.54 Å². The SMILES string of the molecule is O=C1CCCCN1Cc1cc(Br)cs1. The smallest absolute Gasteiger partial charge is 0.222 e. The second-order valence-electron chi connectivity index (χ2n) is 3.50. The lowest BCUT2D eigenvalue weighted by Gasteiger charge is -2.26. The summed E-state index contributed by atoms with van der Waals surface area (Å²) in [5.74, 6) is 0.306. The Kier molecular flexibility index (Phi) is 3.23. The van der Waals surface area contributed by atoms with Crippen LogP contribution in [0.4, 0.5) is 0 Å². The standard InChI is InChI=1S/C10H12BrNOS/c11-8-5-9(14-7-8)6-12-4-2-1-3-10(12)13/h5,7H,1-4,6H2. The molecule has 1 aliphatic heterocycles. The first-order valence-corrected chi connectivity index (χ1v) is 6.43. The van der Waals surface area contributed by atoms with E-state index in [1.54, 1.807) is 11.3 Å². The zero-order valence-electron chi connectivity index (χ0n) is 7.83. The van der Waals surface area contributed by atoms with Crippen LogP contribution in [0.15, 0.2) is 15.9 Å². The molecule has 1 aromatic rings. The van der Waals surface area contributed by atoms with E-state index < -0.39 is 0 Å². The van der Waals surface area contributed by atoms with Crippen molar-refractivity contribution in [2.24, 2.45) is 0 Å². The molecule has 0 N–H and O–H groups in total. The molecule has 2 rings (SSSR count). The van der Waals surface area contributed by atoms with Crippen molar-refractivity contribution in [1.29, 1.82) is 0 Å². The Balaban J connectivity index is 1.99. The minimum absolute atomic E-state index is 0.306. The predicted molar refractivity (Wildman–Crippen MR) is 61.3 cm³/mol. The van der Waals surface area contributed by atoms with E-state index in [0.29, 0.717) is 5.91 Å². The number of halogens is 1. The van der Waals surface area contributed by atoms with E-state index in [0.717, 1.165) is 36.8 Å². The van der Waals surface area contributed by atoms with Gasteiger partial charge in [-0.1, -0.05) is 0 Å². The van der Waals surface area contributed by atoms with Crippen LogP contribution in [0.5, 0.6) is 0 Å². The number of carbonyl (C=O) groups is 1. The third-order valence-electron chi connectivity index (χ3n) is 2.39. The first kappa shape index (κ1) is 10.2. The Labute approximate surface area is 96.0 Å². The number of hydrogen-bond acceptors (Lipinski definition) is 2. The van der Waals surface area contributed by atoms with Gasteiger partial charge in [0.25, 0.3) is 0 Å². The van der Waals surface area contributed by atoms with Gasteiger partial charge in [0.05, 0.1) is 6.54 Å². The van der Waals surface area contributed by atoms with Gasteiger partial charge in [-0.2, -0.15) is 0 Å². The normalized spacial score (nSPS) is 17.5. The van der Waals surface area contributed by atoms with E-state index in [-0.39, 0.29) is 0 Å². The predicted octanol–water partition coefficient (Wildman–Crippen LogP) is 3.02. The largest absolute Gasteiger partial charge is 0.338 e. The van der Waals surface area contributed by atoms with Crippen LogP contribution in [0.3, 0.4) is 0 Å². The maximum atomic E-state index is 11.5. The molecule has 1 aliphatic rings. The van der Waals surface area contributed by atoms with Gasteiger partial charge in [-0.05, 0) is 34.8 Å². The lowest BCUT2D eigenvalue weighted by atomic mass is 10.1. The highest BCUT2D eigenvalue weighted by Gasteiger charge is 2.18. The van der Waals surface area contributed by atoms with Crippen LogP contribution in [0, 0.1) is 0 Å². The van der Waals surface area contributed by atoms with Crippen molar-refractivity contribution in [2.45, 2.75) is 25.8 Å². The number of nitrogens with zero attached hydrogens (tertiary/aromatic N) is 1. The van der Waals surface area contributed by atoms with Crippen LogP contribution < -0.4 is 0 Å². The molecular formula is C10H12BrNOS. The van der Waals surface area contributed by atoms with Crippen LogP contribution >= 0.6 is 27.3 Å². The zero-order valence-corrected chi connectivity index (χ0v) is 10.2. The van der Waals surface area contributed by atoms with E-state index >= 15 is 0 Å². The lowest BCUT2D eigenvalue weighted by Crippen LogP contribution is -2.34. The minimum atomic E-state index is 0.306. The summed E-state index contributed by atoms with van der Waals surface area (Å²) in [5.41, 5.74) is 0. The van der Waals surface area contributed by atoms with E-state index in [2.05, 4.69) is 27.4 Å². The molecule has 0 spiro atoms. The molecule has 0 aromatic carbocycles. The third kappa shape index (κ3) is 2.36. The molecule has 4 heteroatoms. The minimum Gasteiger partial charge on any atom is -0.338 e. The van der Waals surface area contributed by atoms with Crippen molar-refractivity contribution in [3.63, 3.8) is 0 Å². The average molecular weight is 274 g/mol. The molecule has 1 aromatic heterocycles. The summed E-state index contributed by atoms with van der Waals surface area (Å²) in [4.78, 5) is 14.7. The molecule has 0 aliphatic carbocycles. The number of rotatable bonds is 2. The van der Waals surface area contributed by atoms with Gasteiger partial charge in [-0.25, -0.2) is 0 Å². The molecular weight excluding hydrogens is 262 g/mol. The summed E-state index contributed by atoms with van der Waals surface area (Å²) in [5, 5.41) is 2.06. The quantitative estimate of drug-likeness (QED) is 0.811. The number of hydrogen-bond donors (Lipinski definition) is 0. The van der Waals surface area contributed by atoms with Gasteiger partial charge in [0.15, 0.2) is 0 Å². The van der Waals surface area contributed by atoms with Crippen molar-refractivity contribution >= 4 is 33.2 Å². The van der Waals surface area contributed by atoms with Gasteiger partial charge >= 0.3 is 0 Å². The average Bonchev–Trinajstić information content (AvgIpc) is 2.56. The van der Waals surface area contributed by atoms with E-state index in [9.17, 15) is 4.79 Å². The van der Waals surface area contributed by atoms with Crippen molar-refractivity contribution < 1.29 is 4.79 Å². The molecule has 0 bridgehead atoms. The molecule has 0 radical (unpaired) electrons. The highest BCUT2D eigenvalue weighted by molar-refractivity contribution is 9.10. The molecule has 1 fully saturated rings. The monoisotopic (exact) mass is 273 g/mol. The maximum Gasteiger partial charge on any atom is 0.222 e. The molecule has 2 heterocycles. The van der Waals surface area contributed by atoms with Crippen molar-refractivity contribution in [3.05, 3.63) is 20.8 Å². The van der Waals surface area contributed by atoms with E-state index in [1.165, 1.54) is 4.88 Å². The van der Waals surface area contributed by atoms with Crippen LogP contribution in [0.1, 0.15) is 24.1 Å². The van der Waals surface area contributed by atoms with Gasteiger partial charge in [0, 0.05) is 27.7 Å². The summed E-state index contributed by atoms with van der Waals surface area (Å²) in [6, 6.07) is 2.09. The van der Waals surface area contributed by atoms with Gasteiger partial charge in [-0.3, -0.25) is 4.79 Å². The van der Waals surface area contributed by atoms with E-state index in [4.69, 9.17) is 0 Å². The van der Waals surface area contributed by atoms with Gasteiger partial charge in [0.1, 0.15) is 0 Å². The first-order valence-electron chi connectivity index (χ1n) is 4.76. The Hall–Kier alpha value is -0.350. The highest BCUT2D eigenvalue weighted by atomic mass is 79.9. The molecule has 76 valence electrons. The molecule has 1 amide bonds. The number of likely N-dealkylation sites (tertiary alicyclic amines) is 1. The Bertz CT molecular complexity index is 337. The maximum absolute atomic E-state index is 11.5. The second-order valence-corrected chi connectivity index (χ2v) is 5.42. The summed E-state index contributed by atoms with van der Waals surface area (Å²) in [6.07, 6.45) is 2.94. The van der Waals surface area contributed by atoms with Crippen molar-refractivity contribution in [1.82, 2.24) is 4.90 Å². The van der Waals surface area contributed by atoms with Gasteiger partial charge in [0.2, 0.25) is 5.91 Å². The third-order valence-corrected chi connectivity index (χ3v) is 4.07.